The van der Waals surface area contributed by atoms with Gasteiger partial charge in [0.05, 0.1) is 7.11 Å². The highest BCUT2D eigenvalue weighted by atomic mass is 16.5. The minimum atomic E-state index is -0.803. The van der Waals surface area contributed by atoms with Gasteiger partial charge >= 0.3 is 6.03 Å². The molecule has 152 valence electrons. The van der Waals surface area contributed by atoms with Crippen LogP contribution in [0.1, 0.15) is 17.2 Å². The van der Waals surface area contributed by atoms with Crippen LogP contribution in [0.4, 0.5) is 16.2 Å². The van der Waals surface area contributed by atoms with E-state index in [0.717, 1.165) is 23.2 Å². The zero-order chi connectivity index (χ0) is 20.9. The third-order valence-corrected chi connectivity index (χ3v) is 5.14. The third kappa shape index (κ3) is 4.12. The maximum Gasteiger partial charge on any atom is 0.320 e. The average Bonchev–Trinajstić information content (AvgIpc) is 3.22. The van der Waals surface area contributed by atoms with Gasteiger partial charge in [-0.2, -0.15) is 0 Å². The molecule has 1 atom stereocenters. The van der Waals surface area contributed by atoms with Crippen molar-refractivity contribution in [2.24, 2.45) is 0 Å². The maximum atomic E-state index is 13.5. The van der Waals surface area contributed by atoms with Gasteiger partial charge in [0.2, 0.25) is 0 Å². The second kappa shape index (κ2) is 8.69. The monoisotopic (exact) mass is 401 g/mol. The maximum absolute atomic E-state index is 13.5. The largest absolute Gasteiger partial charge is 0.497 e. The van der Waals surface area contributed by atoms with Gasteiger partial charge in [-0.05, 0) is 35.7 Å². The Balaban J connectivity index is 1.56. The van der Waals surface area contributed by atoms with Crippen LogP contribution >= 0.6 is 0 Å². The van der Waals surface area contributed by atoms with Crippen molar-refractivity contribution in [1.82, 2.24) is 5.32 Å². The molecule has 0 fully saturated rings. The predicted molar refractivity (Wildman–Crippen MR) is 117 cm³/mol. The molecule has 30 heavy (non-hydrogen) atoms. The van der Waals surface area contributed by atoms with Crippen molar-refractivity contribution in [1.29, 1.82) is 0 Å². The Bertz CT molecular complexity index is 1050. The van der Waals surface area contributed by atoms with E-state index >= 15 is 0 Å². The number of urea groups is 1. The summed E-state index contributed by atoms with van der Waals surface area (Å²) >= 11 is 0. The molecule has 1 heterocycles. The lowest BCUT2D eigenvalue weighted by Crippen LogP contribution is -2.43. The van der Waals surface area contributed by atoms with E-state index in [1.54, 1.807) is 36.3 Å². The number of rotatable bonds is 5. The molecule has 0 saturated carbocycles. The molecule has 1 aliphatic rings. The number of hydrogen-bond acceptors (Lipinski definition) is 3. The lowest BCUT2D eigenvalue weighted by Gasteiger charge is -2.25. The lowest BCUT2D eigenvalue weighted by molar-refractivity contribution is -0.120. The second-order valence-corrected chi connectivity index (χ2v) is 7.04. The van der Waals surface area contributed by atoms with Gasteiger partial charge in [0.1, 0.15) is 11.8 Å². The standard InChI is InChI=1S/C24H23N3O3/c1-30-20-12-7-11-19(16-20)25-24(29)26-22(18-9-3-2-4-10-18)23(28)27-15-14-17-8-5-6-13-21(17)27/h2-13,16,22H,14-15H2,1H3,(H2,25,26,29)/t22-/m1/s1. The van der Waals surface area contributed by atoms with Gasteiger partial charge < -0.3 is 20.3 Å². The van der Waals surface area contributed by atoms with E-state index in [1.807, 2.05) is 54.6 Å². The first-order chi connectivity index (χ1) is 14.7. The van der Waals surface area contributed by atoms with Crippen molar-refractivity contribution in [2.45, 2.75) is 12.5 Å². The third-order valence-electron chi connectivity index (χ3n) is 5.14. The lowest BCUT2D eigenvalue weighted by atomic mass is 10.1. The molecule has 0 radical (unpaired) electrons. The minimum absolute atomic E-state index is 0.160. The number of carbonyl (C=O) groups is 2. The molecule has 0 spiro atoms. The Morgan fingerprint density at radius 2 is 1.73 bits per heavy atom. The number of fused-ring (bicyclic) bond motifs is 1. The first kappa shape index (κ1) is 19.5. The van der Waals surface area contributed by atoms with Crippen molar-refractivity contribution in [3.8, 4) is 5.75 Å². The molecule has 1 aliphatic heterocycles. The summed E-state index contributed by atoms with van der Waals surface area (Å²) in [6, 6.07) is 23.0. The highest BCUT2D eigenvalue weighted by Gasteiger charge is 2.32. The van der Waals surface area contributed by atoms with Gasteiger partial charge in [-0.3, -0.25) is 4.79 Å². The topological polar surface area (TPSA) is 70.7 Å². The number of carbonyl (C=O) groups excluding carboxylic acids is 2. The van der Waals surface area contributed by atoms with Gasteiger partial charge in [-0.15, -0.1) is 0 Å². The van der Waals surface area contributed by atoms with E-state index in [1.165, 1.54) is 0 Å². The van der Waals surface area contributed by atoms with Crippen LogP contribution in [0.3, 0.4) is 0 Å². The van der Waals surface area contributed by atoms with Crippen LogP contribution in [0, 0.1) is 0 Å². The fourth-order valence-corrected chi connectivity index (χ4v) is 3.66. The van der Waals surface area contributed by atoms with E-state index < -0.39 is 12.1 Å². The number of methoxy groups -OCH3 is 1. The quantitative estimate of drug-likeness (QED) is 0.675. The van der Waals surface area contributed by atoms with E-state index in [9.17, 15) is 9.59 Å². The Morgan fingerprint density at radius 3 is 2.53 bits per heavy atom. The van der Waals surface area contributed by atoms with Crippen LogP contribution in [0.2, 0.25) is 0 Å². The second-order valence-electron chi connectivity index (χ2n) is 7.04. The SMILES string of the molecule is COc1cccc(NC(=O)N[C@@H](C(=O)N2CCc3ccccc32)c2ccccc2)c1. The number of anilines is 2. The summed E-state index contributed by atoms with van der Waals surface area (Å²) in [5.74, 6) is 0.476. The predicted octanol–water partition coefficient (Wildman–Crippen LogP) is 4.15. The molecule has 3 aromatic carbocycles. The Morgan fingerprint density at radius 1 is 0.967 bits per heavy atom. The van der Waals surface area contributed by atoms with Crippen LogP contribution in [0.25, 0.3) is 0 Å². The fraction of sp³-hybridized carbons (Fsp3) is 0.167. The number of amides is 3. The molecule has 0 saturated heterocycles. The van der Waals surface area contributed by atoms with Crippen molar-refractivity contribution < 1.29 is 14.3 Å². The van der Waals surface area contributed by atoms with E-state index in [0.29, 0.717) is 18.0 Å². The number of nitrogens with zero attached hydrogens (tertiary/aromatic N) is 1. The molecule has 6 nitrogen and oxygen atoms in total. The van der Waals surface area contributed by atoms with Crippen molar-refractivity contribution in [3.05, 3.63) is 90.0 Å². The zero-order valence-corrected chi connectivity index (χ0v) is 16.7. The summed E-state index contributed by atoms with van der Waals surface area (Å²) < 4.78 is 5.19. The first-order valence-corrected chi connectivity index (χ1v) is 9.81. The molecule has 6 heteroatoms. The molecule has 0 aromatic heterocycles. The van der Waals surface area contributed by atoms with Gasteiger partial charge in [0.25, 0.3) is 5.91 Å². The number of hydrogen-bond donors (Lipinski definition) is 2. The molecule has 0 bridgehead atoms. The fourth-order valence-electron chi connectivity index (χ4n) is 3.66. The smallest absolute Gasteiger partial charge is 0.320 e. The summed E-state index contributed by atoms with van der Waals surface area (Å²) in [5.41, 5.74) is 3.35. The summed E-state index contributed by atoms with van der Waals surface area (Å²) in [6.45, 7) is 0.598. The van der Waals surface area contributed by atoms with E-state index in [2.05, 4.69) is 10.6 Å². The number of para-hydroxylation sites is 1. The van der Waals surface area contributed by atoms with Gasteiger partial charge in [0.15, 0.2) is 0 Å². The molecule has 4 rings (SSSR count). The van der Waals surface area contributed by atoms with Crippen LogP contribution in [-0.4, -0.2) is 25.6 Å². The summed E-state index contributed by atoms with van der Waals surface area (Å²) in [4.78, 5) is 27.9. The van der Waals surface area contributed by atoms with Crippen molar-refractivity contribution >= 4 is 23.3 Å². The number of nitrogens with one attached hydrogen (secondary N) is 2. The van der Waals surface area contributed by atoms with Gasteiger partial charge in [-0.25, -0.2) is 4.79 Å². The van der Waals surface area contributed by atoms with E-state index in [4.69, 9.17) is 4.74 Å². The summed E-state index contributed by atoms with van der Waals surface area (Å²) in [6.07, 6.45) is 0.805. The van der Waals surface area contributed by atoms with Crippen LogP contribution in [0.15, 0.2) is 78.9 Å². The van der Waals surface area contributed by atoms with Crippen molar-refractivity contribution in [2.75, 3.05) is 23.9 Å². The number of ether oxygens (including phenoxy) is 1. The molecule has 0 aliphatic carbocycles. The Kier molecular flexibility index (Phi) is 5.66. The van der Waals surface area contributed by atoms with Crippen molar-refractivity contribution in [3.63, 3.8) is 0 Å². The van der Waals surface area contributed by atoms with Crippen LogP contribution in [0.5, 0.6) is 5.75 Å². The van der Waals surface area contributed by atoms with E-state index in [-0.39, 0.29) is 5.91 Å². The summed E-state index contributed by atoms with van der Waals surface area (Å²) in [7, 11) is 1.57. The molecule has 3 amide bonds. The summed E-state index contributed by atoms with van der Waals surface area (Å²) in [5, 5.41) is 5.63. The van der Waals surface area contributed by atoms with Crippen LogP contribution in [-0.2, 0) is 11.2 Å². The molecule has 3 aromatic rings. The first-order valence-electron chi connectivity index (χ1n) is 9.81. The molecule has 0 unspecified atom stereocenters. The van der Waals surface area contributed by atoms with Gasteiger partial charge in [-0.1, -0.05) is 54.6 Å². The highest BCUT2D eigenvalue weighted by molar-refractivity contribution is 6.02. The Labute approximate surface area is 175 Å². The minimum Gasteiger partial charge on any atom is -0.497 e. The number of benzene rings is 3. The average molecular weight is 401 g/mol. The molecular weight excluding hydrogens is 378 g/mol. The zero-order valence-electron chi connectivity index (χ0n) is 16.7. The Hall–Kier alpha value is -3.80. The van der Waals surface area contributed by atoms with Gasteiger partial charge in [0, 0.05) is 24.0 Å². The molecular formula is C24H23N3O3. The van der Waals surface area contributed by atoms with Crippen LogP contribution < -0.4 is 20.3 Å². The molecule has 2 N–H and O–H groups in total. The normalized spacial score (nSPS) is 13.3. The highest BCUT2D eigenvalue weighted by Crippen LogP contribution is 2.30.